The zero-order valence-corrected chi connectivity index (χ0v) is 19.6. The van der Waals surface area contributed by atoms with Crippen molar-refractivity contribution in [2.75, 3.05) is 24.9 Å². The van der Waals surface area contributed by atoms with Gasteiger partial charge in [0.05, 0.1) is 31.7 Å². The molecule has 0 aliphatic carbocycles. The summed E-state index contributed by atoms with van der Waals surface area (Å²) >= 11 is 0. The highest BCUT2D eigenvalue weighted by molar-refractivity contribution is 6.04. The summed E-state index contributed by atoms with van der Waals surface area (Å²) in [5, 5.41) is 7.69. The van der Waals surface area contributed by atoms with Crippen molar-refractivity contribution in [1.82, 2.24) is 10.3 Å². The minimum absolute atomic E-state index is 0.149. The molecule has 34 heavy (non-hydrogen) atoms. The largest absolute Gasteiger partial charge is 0.467 e. The van der Waals surface area contributed by atoms with Crippen molar-refractivity contribution in [2.24, 2.45) is 0 Å². The van der Waals surface area contributed by atoms with Crippen LogP contribution in [-0.4, -0.2) is 54.9 Å². The molecule has 11 heteroatoms. The van der Waals surface area contributed by atoms with E-state index in [1.165, 1.54) is 32.7 Å². The number of methoxy groups -OCH3 is 2. The maximum absolute atomic E-state index is 12.3. The van der Waals surface area contributed by atoms with Gasteiger partial charge in [-0.2, -0.15) is 0 Å². The number of urea groups is 1. The van der Waals surface area contributed by atoms with Gasteiger partial charge in [-0.25, -0.2) is 19.2 Å². The quantitative estimate of drug-likeness (QED) is 0.412. The lowest BCUT2D eigenvalue weighted by Crippen LogP contribution is -2.45. The average molecular weight is 472 g/mol. The van der Waals surface area contributed by atoms with Gasteiger partial charge in [-0.1, -0.05) is 12.1 Å². The van der Waals surface area contributed by atoms with Gasteiger partial charge >= 0.3 is 24.1 Å². The van der Waals surface area contributed by atoms with Crippen LogP contribution >= 0.6 is 0 Å². The molecule has 0 saturated carbocycles. The van der Waals surface area contributed by atoms with Gasteiger partial charge in [0.15, 0.2) is 0 Å². The van der Waals surface area contributed by atoms with Crippen LogP contribution < -0.4 is 16.0 Å². The summed E-state index contributed by atoms with van der Waals surface area (Å²) in [7, 11) is 2.47. The summed E-state index contributed by atoms with van der Waals surface area (Å²) in [6.07, 6.45) is 2.16. The van der Waals surface area contributed by atoms with Gasteiger partial charge in [0.2, 0.25) is 0 Å². The van der Waals surface area contributed by atoms with Gasteiger partial charge in [0.1, 0.15) is 11.6 Å². The number of carbonyl (C=O) groups is 4. The van der Waals surface area contributed by atoms with Crippen molar-refractivity contribution in [3.63, 3.8) is 0 Å². The van der Waals surface area contributed by atoms with E-state index in [1.54, 1.807) is 45.0 Å². The zero-order valence-electron chi connectivity index (χ0n) is 19.6. The van der Waals surface area contributed by atoms with Crippen LogP contribution in [0.4, 0.5) is 21.0 Å². The number of pyridine rings is 1. The predicted octanol–water partition coefficient (Wildman–Crippen LogP) is 3.12. The normalized spacial score (nSPS) is 11.6. The topological polar surface area (TPSA) is 145 Å². The second-order valence-corrected chi connectivity index (χ2v) is 8.11. The maximum atomic E-state index is 12.3. The Kier molecular flexibility index (Phi) is 8.94. The molecular weight excluding hydrogens is 444 g/mol. The third-order valence-corrected chi connectivity index (χ3v) is 4.30. The average Bonchev–Trinajstić information content (AvgIpc) is 2.77. The molecule has 182 valence electrons. The number of nitrogens with one attached hydrogen (secondary N) is 3. The van der Waals surface area contributed by atoms with Crippen LogP contribution in [0, 0.1) is 0 Å². The summed E-state index contributed by atoms with van der Waals surface area (Å²) in [5.74, 6) is -1.23. The Morgan fingerprint density at radius 2 is 1.65 bits per heavy atom. The first-order valence-electron chi connectivity index (χ1n) is 10.3. The number of alkyl carbamates (subject to hydrolysis) is 1. The maximum Gasteiger partial charge on any atom is 0.408 e. The van der Waals surface area contributed by atoms with Crippen molar-refractivity contribution < 1.29 is 33.4 Å². The number of aromatic nitrogens is 1. The van der Waals surface area contributed by atoms with Gasteiger partial charge in [-0.3, -0.25) is 4.98 Å². The second-order valence-electron chi connectivity index (χ2n) is 8.11. The van der Waals surface area contributed by atoms with E-state index in [1.807, 2.05) is 0 Å². The fourth-order valence-electron chi connectivity index (χ4n) is 2.81. The highest BCUT2D eigenvalue weighted by atomic mass is 16.6. The zero-order chi connectivity index (χ0) is 25.3. The number of esters is 2. The fraction of sp³-hybridized carbons (Fsp3) is 0.348. The number of nitrogens with zero attached hydrogens (tertiary/aromatic N) is 1. The van der Waals surface area contributed by atoms with Crippen LogP contribution in [0.15, 0.2) is 42.7 Å². The SMILES string of the molecule is COC(=O)c1ccncc1NC(=O)Nc1ccc(C[C@H](NC(=O)OC(C)(C)C)C(=O)OC)cc1. The van der Waals surface area contributed by atoms with Crippen molar-refractivity contribution in [2.45, 2.75) is 38.8 Å². The van der Waals surface area contributed by atoms with Crippen LogP contribution in [0.25, 0.3) is 0 Å². The molecule has 1 aromatic carbocycles. The van der Waals surface area contributed by atoms with E-state index in [-0.39, 0.29) is 17.7 Å². The summed E-state index contributed by atoms with van der Waals surface area (Å²) < 4.78 is 14.7. The first-order valence-corrected chi connectivity index (χ1v) is 10.3. The van der Waals surface area contributed by atoms with E-state index < -0.39 is 35.7 Å². The molecule has 0 fully saturated rings. The van der Waals surface area contributed by atoms with E-state index in [2.05, 4.69) is 25.7 Å². The molecule has 0 unspecified atom stereocenters. The molecule has 2 aromatic rings. The Morgan fingerprint density at radius 3 is 2.24 bits per heavy atom. The predicted molar refractivity (Wildman–Crippen MR) is 124 cm³/mol. The summed E-state index contributed by atoms with van der Waals surface area (Å²) in [5.41, 5.74) is 0.801. The Bertz CT molecular complexity index is 1030. The summed E-state index contributed by atoms with van der Waals surface area (Å²) in [6.45, 7) is 5.14. The molecule has 0 bridgehead atoms. The highest BCUT2D eigenvalue weighted by Gasteiger charge is 2.25. The molecule has 1 heterocycles. The molecule has 11 nitrogen and oxygen atoms in total. The third kappa shape index (κ3) is 8.08. The van der Waals surface area contributed by atoms with Gasteiger partial charge in [0.25, 0.3) is 0 Å². The molecule has 0 saturated heterocycles. The van der Waals surface area contributed by atoms with E-state index in [0.29, 0.717) is 11.3 Å². The van der Waals surface area contributed by atoms with E-state index in [9.17, 15) is 19.2 Å². The van der Waals surface area contributed by atoms with Crippen LogP contribution in [0.2, 0.25) is 0 Å². The first-order chi connectivity index (χ1) is 16.0. The van der Waals surface area contributed by atoms with E-state index in [4.69, 9.17) is 9.47 Å². The van der Waals surface area contributed by atoms with Crippen LogP contribution in [-0.2, 0) is 25.4 Å². The Hall–Kier alpha value is -4.15. The highest BCUT2D eigenvalue weighted by Crippen LogP contribution is 2.16. The summed E-state index contributed by atoms with van der Waals surface area (Å²) in [6, 6.07) is 6.51. The number of anilines is 2. The monoisotopic (exact) mass is 472 g/mol. The lowest BCUT2D eigenvalue weighted by molar-refractivity contribution is -0.143. The Morgan fingerprint density at radius 1 is 0.971 bits per heavy atom. The number of hydrogen-bond donors (Lipinski definition) is 3. The van der Waals surface area contributed by atoms with Crippen LogP contribution in [0.1, 0.15) is 36.7 Å². The van der Waals surface area contributed by atoms with E-state index >= 15 is 0 Å². The number of rotatable bonds is 7. The van der Waals surface area contributed by atoms with Crippen molar-refractivity contribution >= 4 is 35.4 Å². The van der Waals surface area contributed by atoms with Crippen molar-refractivity contribution in [3.05, 3.63) is 53.9 Å². The van der Waals surface area contributed by atoms with Gasteiger partial charge in [-0.05, 0) is 44.5 Å². The third-order valence-electron chi connectivity index (χ3n) is 4.30. The summed E-state index contributed by atoms with van der Waals surface area (Å²) in [4.78, 5) is 52.2. The fourth-order valence-corrected chi connectivity index (χ4v) is 2.81. The minimum Gasteiger partial charge on any atom is -0.467 e. The Labute approximate surface area is 197 Å². The molecule has 0 spiro atoms. The molecule has 1 aromatic heterocycles. The lowest BCUT2D eigenvalue weighted by Gasteiger charge is -2.22. The Balaban J connectivity index is 2.02. The minimum atomic E-state index is -0.954. The molecule has 3 N–H and O–H groups in total. The van der Waals surface area contributed by atoms with Crippen molar-refractivity contribution in [1.29, 1.82) is 0 Å². The molecule has 3 amide bonds. The van der Waals surface area contributed by atoms with Crippen LogP contribution in [0.3, 0.4) is 0 Å². The number of amides is 3. The van der Waals surface area contributed by atoms with Crippen molar-refractivity contribution in [3.8, 4) is 0 Å². The number of carbonyl (C=O) groups excluding carboxylic acids is 4. The molecule has 1 atom stereocenters. The standard InChI is InChI=1S/C23H28N4O7/c1-23(2,3)34-22(31)27-17(20(29)33-5)12-14-6-8-15(9-7-14)25-21(30)26-18-13-24-11-10-16(18)19(28)32-4/h6-11,13,17H,12H2,1-5H3,(H,27,31)(H2,25,26,30)/t17-/m0/s1. The number of benzene rings is 1. The number of ether oxygens (including phenoxy) is 3. The van der Waals surface area contributed by atoms with Gasteiger partial charge in [-0.15, -0.1) is 0 Å². The first kappa shape index (κ1) is 26.1. The van der Waals surface area contributed by atoms with Gasteiger partial charge in [0, 0.05) is 18.3 Å². The number of hydrogen-bond acceptors (Lipinski definition) is 8. The van der Waals surface area contributed by atoms with Crippen LogP contribution in [0.5, 0.6) is 0 Å². The molecule has 2 rings (SSSR count). The molecule has 0 radical (unpaired) electrons. The van der Waals surface area contributed by atoms with E-state index in [0.717, 1.165) is 0 Å². The second kappa shape index (κ2) is 11.6. The lowest BCUT2D eigenvalue weighted by atomic mass is 10.1. The van der Waals surface area contributed by atoms with Gasteiger partial charge < -0.3 is 30.2 Å². The molecule has 0 aliphatic heterocycles. The molecular formula is C23H28N4O7. The smallest absolute Gasteiger partial charge is 0.408 e. The molecule has 0 aliphatic rings.